The van der Waals surface area contributed by atoms with Crippen LogP contribution in [-0.4, -0.2) is 42.0 Å². The van der Waals surface area contributed by atoms with E-state index in [-0.39, 0.29) is 16.9 Å². The monoisotopic (exact) mass is 231 g/mol. The van der Waals surface area contributed by atoms with Crippen molar-refractivity contribution < 1.29 is 9.53 Å². The highest BCUT2D eigenvalue weighted by molar-refractivity contribution is 6.21. The molecule has 0 aromatic heterocycles. The second-order valence-electron chi connectivity index (χ2n) is 4.64. The third-order valence-corrected chi connectivity index (χ3v) is 4.01. The molecule has 0 aromatic rings. The minimum absolute atomic E-state index is 0.147. The lowest BCUT2D eigenvalue weighted by atomic mass is 9.77. The normalized spacial score (nSPS) is 28.9. The molecule has 1 saturated carbocycles. The molecule has 2 rings (SSSR count). The molecule has 1 aliphatic carbocycles. The number of methoxy groups -OCH3 is 1. The van der Waals surface area contributed by atoms with Gasteiger partial charge in [0, 0.05) is 20.2 Å². The minimum Gasteiger partial charge on any atom is -0.378 e. The fourth-order valence-electron chi connectivity index (χ4n) is 2.36. The summed E-state index contributed by atoms with van der Waals surface area (Å²) in [6.07, 6.45) is 4.68. The Morgan fingerprint density at radius 1 is 1.60 bits per heavy atom. The van der Waals surface area contributed by atoms with E-state index in [1.165, 1.54) is 6.42 Å². The van der Waals surface area contributed by atoms with E-state index in [0.717, 1.165) is 25.8 Å². The van der Waals surface area contributed by atoms with E-state index in [0.29, 0.717) is 13.0 Å². The number of hydrogen-bond acceptors (Lipinski definition) is 2. The van der Waals surface area contributed by atoms with Crippen LogP contribution in [-0.2, 0) is 9.53 Å². The van der Waals surface area contributed by atoms with Crippen molar-refractivity contribution in [1.82, 2.24) is 4.90 Å². The Labute approximate surface area is 95.7 Å². The number of hydrogen-bond donors (Lipinski definition) is 0. The topological polar surface area (TPSA) is 29.5 Å². The van der Waals surface area contributed by atoms with Crippen LogP contribution < -0.4 is 0 Å². The molecule has 2 fully saturated rings. The standard InChI is InChI=1S/C11H18ClNO2/c1-15-11(4-2-5-11)7-10(14)13-6-3-9(12)8-13/h9H,2-8H2,1H3. The molecule has 15 heavy (non-hydrogen) atoms. The molecule has 1 heterocycles. The van der Waals surface area contributed by atoms with Gasteiger partial charge in [0.1, 0.15) is 0 Å². The van der Waals surface area contributed by atoms with Crippen molar-refractivity contribution in [2.45, 2.75) is 43.1 Å². The van der Waals surface area contributed by atoms with Crippen LogP contribution in [0.4, 0.5) is 0 Å². The Hall–Kier alpha value is -0.280. The van der Waals surface area contributed by atoms with Gasteiger partial charge in [0.05, 0.1) is 17.4 Å². The van der Waals surface area contributed by atoms with Crippen LogP contribution >= 0.6 is 11.6 Å². The first kappa shape index (κ1) is 11.2. The molecule has 4 heteroatoms. The molecule has 0 spiro atoms. The van der Waals surface area contributed by atoms with E-state index in [4.69, 9.17) is 16.3 Å². The Bertz CT molecular complexity index is 247. The first-order chi connectivity index (χ1) is 7.15. The van der Waals surface area contributed by atoms with Gasteiger partial charge in [-0.2, -0.15) is 0 Å². The molecule has 1 unspecified atom stereocenters. The van der Waals surface area contributed by atoms with Gasteiger partial charge in [-0.1, -0.05) is 0 Å². The number of rotatable bonds is 3. The van der Waals surface area contributed by atoms with Gasteiger partial charge in [0.2, 0.25) is 5.91 Å². The number of ether oxygens (including phenoxy) is 1. The van der Waals surface area contributed by atoms with E-state index in [2.05, 4.69) is 0 Å². The molecule has 2 aliphatic rings. The Morgan fingerprint density at radius 3 is 2.73 bits per heavy atom. The second-order valence-corrected chi connectivity index (χ2v) is 5.26. The maximum absolute atomic E-state index is 11.9. The number of halogens is 1. The summed E-state index contributed by atoms with van der Waals surface area (Å²) in [7, 11) is 1.71. The largest absolute Gasteiger partial charge is 0.378 e. The van der Waals surface area contributed by atoms with Gasteiger partial charge in [-0.25, -0.2) is 0 Å². The van der Waals surface area contributed by atoms with E-state index in [1.54, 1.807) is 7.11 Å². The highest BCUT2D eigenvalue weighted by Crippen LogP contribution is 2.38. The van der Waals surface area contributed by atoms with Crippen LogP contribution in [0.25, 0.3) is 0 Å². The van der Waals surface area contributed by atoms with Crippen LogP contribution in [0.5, 0.6) is 0 Å². The number of alkyl halides is 1. The SMILES string of the molecule is COC1(CC(=O)N2CCC(Cl)C2)CCC1. The fourth-order valence-corrected chi connectivity index (χ4v) is 2.62. The molecule has 0 N–H and O–H groups in total. The van der Waals surface area contributed by atoms with Crippen molar-refractivity contribution in [3.63, 3.8) is 0 Å². The average molecular weight is 232 g/mol. The summed E-state index contributed by atoms with van der Waals surface area (Å²) in [6.45, 7) is 1.52. The van der Waals surface area contributed by atoms with Crippen molar-refractivity contribution in [2.24, 2.45) is 0 Å². The molecule has 86 valence electrons. The Balaban J connectivity index is 1.86. The predicted octanol–water partition coefficient (Wildman–Crippen LogP) is 1.79. The minimum atomic E-state index is -0.151. The highest BCUT2D eigenvalue weighted by Gasteiger charge is 2.40. The summed E-state index contributed by atoms with van der Waals surface area (Å²) in [5.74, 6) is 0.208. The van der Waals surface area contributed by atoms with E-state index in [1.807, 2.05) is 4.90 Å². The van der Waals surface area contributed by atoms with Crippen molar-refractivity contribution in [2.75, 3.05) is 20.2 Å². The van der Waals surface area contributed by atoms with Gasteiger partial charge >= 0.3 is 0 Å². The van der Waals surface area contributed by atoms with Gasteiger partial charge in [-0.15, -0.1) is 11.6 Å². The van der Waals surface area contributed by atoms with Crippen LogP contribution in [0.2, 0.25) is 0 Å². The Morgan fingerprint density at radius 2 is 2.33 bits per heavy atom. The molecule has 1 amide bonds. The van der Waals surface area contributed by atoms with Gasteiger partial charge < -0.3 is 9.64 Å². The molecule has 0 aromatic carbocycles. The van der Waals surface area contributed by atoms with Gasteiger partial charge in [0.25, 0.3) is 0 Å². The van der Waals surface area contributed by atoms with Gasteiger partial charge in [-0.05, 0) is 25.7 Å². The summed E-state index contributed by atoms with van der Waals surface area (Å²) in [6, 6.07) is 0. The van der Waals surface area contributed by atoms with Crippen LogP contribution in [0, 0.1) is 0 Å². The smallest absolute Gasteiger partial charge is 0.225 e. The molecule has 0 bridgehead atoms. The van der Waals surface area contributed by atoms with E-state index >= 15 is 0 Å². The van der Waals surface area contributed by atoms with Crippen LogP contribution in [0.1, 0.15) is 32.1 Å². The number of nitrogens with zero attached hydrogens (tertiary/aromatic N) is 1. The number of carbonyl (C=O) groups excluding carboxylic acids is 1. The predicted molar refractivity (Wildman–Crippen MR) is 59.0 cm³/mol. The maximum atomic E-state index is 11.9. The molecule has 3 nitrogen and oxygen atoms in total. The molecule has 0 radical (unpaired) electrons. The summed E-state index contributed by atoms with van der Waals surface area (Å²) in [5, 5.41) is 0.147. The van der Waals surface area contributed by atoms with Crippen molar-refractivity contribution >= 4 is 17.5 Å². The van der Waals surface area contributed by atoms with Crippen molar-refractivity contribution in [3.8, 4) is 0 Å². The summed E-state index contributed by atoms with van der Waals surface area (Å²) in [4.78, 5) is 13.8. The number of carbonyl (C=O) groups is 1. The number of likely N-dealkylation sites (tertiary alicyclic amines) is 1. The summed E-state index contributed by atoms with van der Waals surface area (Å²) < 4.78 is 5.45. The quantitative estimate of drug-likeness (QED) is 0.693. The zero-order valence-corrected chi connectivity index (χ0v) is 9.92. The third-order valence-electron chi connectivity index (χ3n) is 3.65. The molecular formula is C11H18ClNO2. The van der Waals surface area contributed by atoms with E-state index < -0.39 is 0 Å². The first-order valence-electron chi connectivity index (χ1n) is 5.62. The lowest BCUT2D eigenvalue weighted by Gasteiger charge is -2.40. The third kappa shape index (κ3) is 2.28. The Kier molecular flexibility index (Phi) is 3.21. The molecule has 1 saturated heterocycles. The lowest BCUT2D eigenvalue weighted by molar-refractivity contribution is -0.143. The van der Waals surface area contributed by atoms with Gasteiger partial charge in [0.15, 0.2) is 0 Å². The average Bonchev–Trinajstić information content (AvgIpc) is 2.58. The summed E-state index contributed by atoms with van der Waals surface area (Å²) >= 11 is 5.98. The highest BCUT2D eigenvalue weighted by atomic mass is 35.5. The zero-order valence-electron chi connectivity index (χ0n) is 9.17. The lowest BCUT2D eigenvalue weighted by Crippen LogP contribution is -2.44. The van der Waals surface area contributed by atoms with Crippen LogP contribution in [0.15, 0.2) is 0 Å². The summed E-state index contributed by atoms with van der Waals surface area (Å²) in [5.41, 5.74) is -0.151. The molecule has 1 aliphatic heterocycles. The molecular weight excluding hydrogens is 214 g/mol. The molecule has 1 atom stereocenters. The van der Waals surface area contributed by atoms with Gasteiger partial charge in [-0.3, -0.25) is 4.79 Å². The van der Waals surface area contributed by atoms with E-state index in [9.17, 15) is 4.79 Å². The first-order valence-corrected chi connectivity index (χ1v) is 6.06. The van der Waals surface area contributed by atoms with Crippen molar-refractivity contribution in [3.05, 3.63) is 0 Å². The second kappa shape index (κ2) is 4.30. The van der Waals surface area contributed by atoms with Crippen molar-refractivity contribution in [1.29, 1.82) is 0 Å². The van der Waals surface area contributed by atoms with Crippen LogP contribution in [0.3, 0.4) is 0 Å². The number of amides is 1. The zero-order chi connectivity index (χ0) is 10.9. The fraction of sp³-hybridized carbons (Fsp3) is 0.909. The maximum Gasteiger partial charge on any atom is 0.225 e.